The summed E-state index contributed by atoms with van der Waals surface area (Å²) in [6.07, 6.45) is 1.83. The van der Waals surface area contributed by atoms with Gasteiger partial charge in [-0.05, 0) is 40.3 Å². The van der Waals surface area contributed by atoms with Gasteiger partial charge in [-0.3, -0.25) is 0 Å². The van der Waals surface area contributed by atoms with Crippen molar-refractivity contribution < 1.29 is 9.13 Å². The highest BCUT2D eigenvalue weighted by Crippen LogP contribution is 2.32. The van der Waals surface area contributed by atoms with E-state index in [0.29, 0.717) is 0 Å². The predicted molar refractivity (Wildman–Crippen MR) is 67.2 cm³/mol. The van der Waals surface area contributed by atoms with Crippen LogP contribution >= 0.6 is 22.5 Å². The van der Waals surface area contributed by atoms with Crippen LogP contribution in [0.1, 0.15) is 26.7 Å². The molecule has 1 saturated heterocycles. The molecule has 0 N–H and O–H groups in total. The molecule has 0 aromatic heterocycles. The summed E-state index contributed by atoms with van der Waals surface area (Å²) >= 11 is 4.14. The molecule has 1 rings (SSSR count). The molecule has 0 radical (unpaired) electrons. The third-order valence-electron chi connectivity index (χ3n) is 2.81. The van der Waals surface area contributed by atoms with E-state index in [0.717, 1.165) is 19.4 Å². The van der Waals surface area contributed by atoms with Gasteiger partial charge in [-0.1, -0.05) is 10.8 Å². The number of thiol groups is 1. The van der Waals surface area contributed by atoms with Gasteiger partial charge in [0.2, 0.25) is 0 Å². The monoisotopic (exact) mass is 253 g/mol. The first-order chi connectivity index (χ1) is 7.00. The minimum absolute atomic E-state index is 0.217. The van der Waals surface area contributed by atoms with Gasteiger partial charge >= 0.3 is 0 Å². The molecule has 15 heavy (non-hydrogen) atoms. The number of likely N-dealkylation sites (tertiary alicyclic amines) is 1. The number of hydrogen-bond acceptors (Lipinski definition) is 4. The van der Waals surface area contributed by atoms with Gasteiger partial charge in [0.25, 0.3) is 0 Å². The molecule has 0 aliphatic carbocycles. The van der Waals surface area contributed by atoms with Crippen molar-refractivity contribution in [3.05, 3.63) is 0 Å². The second kappa shape index (κ2) is 5.75. The van der Waals surface area contributed by atoms with E-state index in [4.69, 9.17) is 4.74 Å². The van der Waals surface area contributed by atoms with E-state index >= 15 is 0 Å². The molecule has 1 heterocycles. The molecule has 0 saturated carbocycles. The van der Waals surface area contributed by atoms with E-state index in [2.05, 4.69) is 16.6 Å². The Morgan fingerprint density at radius 2 is 2.33 bits per heavy atom. The van der Waals surface area contributed by atoms with Gasteiger partial charge in [0, 0.05) is 6.04 Å². The van der Waals surface area contributed by atoms with Crippen molar-refractivity contribution in [1.29, 1.82) is 0 Å². The first-order valence-corrected chi connectivity index (χ1v) is 7.13. The second-order valence-electron chi connectivity index (χ2n) is 4.49. The molecule has 90 valence electrons. The molecule has 1 fully saturated rings. The van der Waals surface area contributed by atoms with Crippen LogP contribution in [0, 0.1) is 0 Å². The Kier molecular flexibility index (Phi) is 5.22. The Bertz CT molecular complexity index is 204. The summed E-state index contributed by atoms with van der Waals surface area (Å²) < 4.78 is 18.7. The fourth-order valence-electron chi connectivity index (χ4n) is 2.00. The number of likely N-dealkylation sites (N-methyl/N-ethyl adjacent to an activating group) is 1. The maximum atomic E-state index is 13.0. The van der Waals surface area contributed by atoms with E-state index in [1.807, 2.05) is 20.9 Å². The van der Waals surface area contributed by atoms with Crippen LogP contribution in [0.2, 0.25) is 0 Å². The standard InChI is InChI=1S/C10H20FNOS2/c1-10(2,15-14)13-9(7-11)8-5-4-6-12(8)3/h8-9,14H,4-7H2,1-3H3/t8-,9-/m0/s1. The third-order valence-corrected chi connectivity index (χ3v) is 4.67. The van der Waals surface area contributed by atoms with Crippen LogP contribution in [0.4, 0.5) is 4.39 Å². The van der Waals surface area contributed by atoms with Crippen LogP contribution in [0.3, 0.4) is 0 Å². The quantitative estimate of drug-likeness (QED) is 0.460. The number of ether oxygens (including phenoxy) is 1. The van der Waals surface area contributed by atoms with Crippen molar-refractivity contribution in [3.63, 3.8) is 0 Å². The fraction of sp³-hybridized carbons (Fsp3) is 1.00. The van der Waals surface area contributed by atoms with Crippen molar-refractivity contribution in [1.82, 2.24) is 4.90 Å². The van der Waals surface area contributed by atoms with Crippen LogP contribution in [0.5, 0.6) is 0 Å². The molecule has 0 spiro atoms. The Morgan fingerprint density at radius 1 is 1.67 bits per heavy atom. The van der Waals surface area contributed by atoms with Gasteiger partial charge in [-0.25, -0.2) is 4.39 Å². The highest BCUT2D eigenvalue weighted by atomic mass is 33.1. The molecule has 0 unspecified atom stereocenters. The lowest BCUT2D eigenvalue weighted by molar-refractivity contribution is -0.0583. The topological polar surface area (TPSA) is 12.5 Å². The maximum Gasteiger partial charge on any atom is 0.118 e. The van der Waals surface area contributed by atoms with E-state index in [1.54, 1.807) is 0 Å². The fourth-order valence-corrected chi connectivity index (χ4v) is 2.30. The molecule has 0 bridgehead atoms. The number of hydrogen-bond donors (Lipinski definition) is 1. The first-order valence-electron chi connectivity index (χ1n) is 5.27. The van der Waals surface area contributed by atoms with Crippen LogP contribution < -0.4 is 0 Å². The maximum absolute atomic E-state index is 13.0. The lowest BCUT2D eigenvalue weighted by atomic mass is 10.1. The van der Waals surface area contributed by atoms with Gasteiger partial charge in [0.1, 0.15) is 17.7 Å². The SMILES string of the molecule is CN1CCC[C@H]1[C@H](CF)OC(C)(C)SS. The third kappa shape index (κ3) is 3.80. The summed E-state index contributed by atoms with van der Waals surface area (Å²) in [4.78, 5) is 1.76. The zero-order valence-electron chi connectivity index (χ0n) is 9.57. The van der Waals surface area contributed by atoms with Crippen molar-refractivity contribution in [2.45, 2.75) is 43.8 Å². The molecule has 1 aliphatic rings. The van der Waals surface area contributed by atoms with E-state index < -0.39 is 11.6 Å². The Balaban J connectivity index is 2.55. The van der Waals surface area contributed by atoms with Crippen LogP contribution in [0.15, 0.2) is 0 Å². The molecule has 1 aliphatic heterocycles. The lowest BCUT2D eigenvalue weighted by Crippen LogP contribution is -2.43. The Labute approximate surface area is 101 Å². The van der Waals surface area contributed by atoms with Crippen molar-refractivity contribution in [3.8, 4) is 0 Å². The highest BCUT2D eigenvalue weighted by molar-refractivity contribution is 8.69. The Hall–Kier alpha value is 0.550. The largest absolute Gasteiger partial charge is 0.357 e. The minimum Gasteiger partial charge on any atom is -0.357 e. The number of nitrogens with zero attached hydrogens (tertiary/aromatic N) is 1. The van der Waals surface area contributed by atoms with Gasteiger partial charge in [0.15, 0.2) is 0 Å². The Morgan fingerprint density at radius 3 is 2.73 bits per heavy atom. The van der Waals surface area contributed by atoms with Gasteiger partial charge < -0.3 is 9.64 Å². The zero-order chi connectivity index (χ0) is 11.5. The molecule has 0 aromatic carbocycles. The van der Waals surface area contributed by atoms with E-state index in [1.165, 1.54) is 10.8 Å². The van der Waals surface area contributed by atoms with Crippen LogP contribution in [-0.2, 0) is 4.74 Å². The van der Waals surface area contributed by atoms with Crippen LogP contribution in [0.25, 0.3) is 0 Å². The second-order valence-corrected chi connectivity index (χ2v) is 6.21. The van der Waals surface area contributed by atoms with Gasteiger partial charge in [0.05, 0.1) is 0 Å². The summed E-state index contributed by atoms with van der Waals surface area (Å²) in [5.41, 5.74) is 0. The molecular formula is C10H20FNOS2. The summed E-state index contributed by atoms with van der Waals surface area (Å²) in [5, 5.41) is 0. The average molecular weight is 253 g/mol. The van der Waals surface area contributed by atoms with Crippen molar-refractivity contribution in [2.75, 3.05) is 20.3 Å². The summed E-state index contributed by atoms with van der Waals surface area (Å²) in [6, 6.07) is 0.217. The molecule has 0 amide bonds. The van der Waals surface area contributed by atoms with E-state index in [-0.39, 0.29) is 12.1 Å². The van der Waals surface area contributed by atoms with Crippen molar-refractivity contribution in [2.24, 2.45) is 0 Å². The smallest absolute Gasteiger partial charge is 0.118 e. The molecule has 5 heteroatoms. The van der Waals surface area contributed by atoms with E-state index in [9.17, 15) is 4.39 Å². The lowest BCUT2D eigenvalue weighted by Gasteiger charge is -2.33. The molecule has 0 aromatic rings. The normalized spacial score (nSPS) is 25.8. The molecule has 2 nitrogen and oxygen atoms in total. The summed E-state index contributed by atoms with van der Waals surface area (Å²) in [6.45, 7) is 4.45. The van der Waals surface area contributed by atoms with Gasteiger partial charge in [-0.15, -0.1) is 11.7 Å². The summed E-state index contributed by atoms with van der Waals surface area (Å²) in [5.74, 6) is 0. The summed E-state index contributed by atoms with van der Waals surface area (Å²) in [7, 11) is 3.35. The number of halogens is 1. The zero-order valence-corrected chi connectivity index (χ0v) is 11.3. The highest BCUT2D eigenvalue weighted by Gasteiger charge is 2.34. The van der Waals surface area contributed by atoms with Gasteiger partial charge in [-0.2, -0.15) is 0 Å². The van der Waals surface area contributed by atoms with Crippen LogP contribution in [-0.4, -0.2) is 42.2 Å². The molecular weight excluding hydrogens is 233 g/mol. The minimum atomic E-state index is -0.427. The first kappa shape index (κ1) is 13.6. The number of alkyl halides is 1. The number of rotatable bonds is 5. The average Bonchev–Trinajstić information content (AvgIpc) is 2.61. The van der Waals surface area contributed by atoms with Crippen molar-refractivity contribution >= 4 is 22.5 Å². The molecule has 2 atom stereocenters. The predicted octanol–water partition coefficient (Wildman–Crippen LogP) is 2.75.